The van der Waals surface area contributed by atoms with E-state index >= 15 is 0 Å². The Bertz CT molecular complexity index is 629. The zero-order valence-corrected chi connectivity index (χ0v) is 12.6. The number of carbonyl (C=O) groups excluding carboxylic acids is 1. The summed E-state index contributed by atoms with van der Waals surface area (Å²) >= 11 is 0. The number of nitrogens with one attached hydrogen (secondary N) is 1. The van der Waals surface area contributed by atoms with E-state index in [9.17, 15) is 26.4 Å². The molecule has 0 aliphatic carbocycles. The molecule has 1 aromatic rings. The molecule has 21 heavy (non-hydrogen) atoms. The van der Waals surface area contributed by atoms with E-state index in [1.807, 2.05) is 0 Å². The Morgan fingerprint density at radius 3 is 2.43 bits per heavy atom. The molecule has 9 heteroatoms. The Morgan fingerprint density at radius 2 is 1.95 bits per heavy atom. The minimum Gasteiger partial charge on any atom is -0.352 e. The average Bonchev–Trinajstić information content (AvgIpc) is 2.35. The van der Waals surface area contributed by atoms with Crippen molar-refractivity contribution in [3.8, 4) is 0 Å². The zero-order valence-electron chi connectivity index (χ0n) is 11.0. The molecule has 4 nitrogen and oxygen atoms in total. The van der Waals surface area contributed by atoms with E-state index in [1.54, 1.807) is 6.92 Å². The van der Waals surface area contributed by atoms with Crippen LogP contribution in [0.4, 0.5) is 13.2 Å². The molecule has 1 aromatic carbocycles. The highest BCUT2D eigenvalue weighted by atomic mass is 35.7. The van der Waals surface area contributed by atoms with E-state index in [0.717, 1.165) is 6.07 Å². The molecule has 1 rings (SSSR count). The standard InChI is InChI=1S/C12H13ClF3NO3S/c1-2-8-3-4-9(7-10(8)21(13,19)20)11(18)17-6-5-12(14,15)16/h3-4,7H,2,5-6H2,1H3,(H,17,18). The summed E-state index contributed by atoms with van der Waals surface area (Å²) in [5.74, 6) is -0.788. The molecule has 0 atom stereocenters. The lowest BCUT2D eigenvalue weighted by Crippen LogP contribution is -2.28. The fraction of sp³-hybridized carbons (Fsp3) is 0.417. The number of benzene rings is 1. The van der Waals surface area contributed by atoms with Crippen molar-refractivity contribution in [3.63, 3.8) is 0 Å². The van der Waals surface area contributed by atoms with Crippen LogP contribution >= 0.6 is 10.7 Å². The Labute approximate surface area is 124 Å². The summed E-state index contributed by atoms with van der Waals surface area (Å²) in [5.41, 5.74) is 0.366. The van der Waals surface area contributed by atoms with E-state index in [2.05, 4.69) is 5.32 Å². The van der Waals surface area contributed by atoms with Crippen LogP contribution in [0.15, 0.2) is 23.1 Å². The quantitative estimate of drug-likeness (QED) is 0.836. The first-order valence-electron chi connectivity index (χ1n) is 5.97. The minimum absolute atomic E-state index is 0.0615. The number of halogens is 4. The predicted octanol–water partition coefficient (Wildman–Crippen LogP) is 2.86. The van der Waals surface area contributed by atoms with Crippen molar-refractivity contribution in [2.45, 2.75) is 30.8 Å². The molecule has 118 valence electrons. The molecule has 0 unspecified atom stereocenters. The molecule has 0 spiro atoms. The van der Waals surface area contributed by atoms with Gasteiger partial charge in [0, 0.05) is 22.8 Å². The van der Waals surface area contributed by atoms with Gasteiger partial charge in [0.25, 0.3) is 15.0 Å². The maximum absolute atomic E-state index is 12.0. The third-order valence-electron chi connectivity index (χ3n) is 2.67. The Morgan fingerprint density at radius 1 is 1.33 bits per heavy atom. The molecule has 0 aromatic heterocycles. The molecule has 0 fully saturated rings. The zero-order chi connectivity index (χ0) is 16.3. The van der Waals surface area contributed by atoms with Gasteiger partial charge in [0.1, 0.15) is 0 Å². The van der Waals surface area contributed by atoms with Crippen molar-refractivity contribution < 1.29 is 26.4 Å². The second-order valence-electron chi connectivity index (χ2n) is 4.23. The molecule has 0 heterocycles. The first kappa shape index (κ1) is 17.8. The summed E-state index contributed by atoms with van der Waals surface area (Å²) in [6.45, 7) is 1.13. The molecule has 0 bridgehead atoms. The van der Waals surface area contributed by atoms with E-state index in [4.69, 9.17) is 10.7 Å². The lowest BCUT2D eigenvalue weighted by Gasteiger charge is -2.10. The number of amides is 1. The summed E-state index contributed by atoms with van der Waals surface area (Å²) in [5, 5.41) is 2.07. The van der Waals surface area contributed by atoms with Crippen molar-refractivity contribution >= 4 is 25.6 Å². The van der Waals surface area contributed by atoms with Gasteiger partial charge in [-0.2, -0.15) is 13.2 Å². The first-order chi connectivity index (χ1) is 9.54. The third-order valence-corrected chi connectivity index (χ3v) is 4.07. The van der Waals surface area contributed by atoms with Crippen LogP contribution in [0.2, 0.25) is 0 Å². The molecule has 1 N–H and O–H groups in total. The molecule has 0 radical (unpaired) electrons. The fourth-order valence-corrected chi connectivity index (χ4v) is 2.86. The molecular formula is C12H13ClF3NO3S. The van der Waals surface area contributed by atoms with Gasteiger partial charge in [-0.3, -0.25) is 4.79 Å². The van der Waals surface area contributed by atoms with Crippen molar-refractivity contribution in [2.24, 2.45) is 0 Å². The Kier molecular flexibility index (Phi) is 5.63. The molecule has 0 aliphatic heterocycles. The van der Waals surface area contributed by atoms with Crippen LogP contribution in [0.3, 0.4) is 0 Å². The molecule has 0 aliphatic rings. The van der Waals surface area contributed by atoms with Gasteiger partial charge in [-0.1, -0.05) is 13.0 Å². The summed E-state index contributed by atoms with van der Waals surface area (Å²) in [6, 6.07) is 3.81. The second kappa shape index (κ2) is 6.65. The summed E-state index contributed by atoms with van der Waals surface area (Å²) in [4.78, 5) is 11.5. The number of rotatable bonds is 5. The van der Waals surface area contributed by atoms with Crippen LogP contribution in [0.25, 0.3) is 0 Å². The van der Waals surface area contributed by atoms with Crippen molar-refractivity contribution in [1.82, 2.24) is 5.32 Å². The van der Waals surface area contributed by atoms with E-state index in [-0.39, 0.29) is 10.5 Å². The molecular weight excluding hydrogens is 331 g/mol. The molecule has 0 saturated heterocycles. The average molecular weight is 344 g/mol. The fourth-order valence-electron chi connectivity index (χ4n) is 1.63. The highest BCUT2D eigenvalue weighted by molar-refractivity contribution is 8.13. The van der Waals surface area contributed by atoms with Crippen LogP contribution < -0.4 is 5.32 Å². The van der Waals surface area contributed by atoms with E-state index < -0.39 is 34.1 Å². The number of aryl methyl sites for hydroxylation is 1. The minimum atomic E-state index is -4.37. The second-order valence-corrected chi connectivity index (χ2v) is 6.77. The Balaban J connectivity index is 2.92. The van der Waals surface area contributed by atoms with Crippen molar-refractivity contribution in [2.75, 3.05) is 6.54 Å². The highest BCUT2D eigenvalue weighted by Crippen LogP contribution is 2.22. The first-order valence-corrected chi connectivity index (χ1v) is 8.28. The maximum atomic E-state index is 12.0. The van der Waals surface area contributed by atoms with Crippen LogP contribution in [-0.2, 0) is 15.5 Å². The highest BCUT2D eigenvalue weighted by Gasteiger charge is 2.26. The van der Waals surface area contributed by atoms with Gasteiger partial charge >= 0.3 is 6.18 Å². The third kappa shape index (κ3) is 5.55. The van der Waals surface area contributed by atoms with E-state index in [1.165, 1.54) is 12.1 Å². The van der Waals surface area contributed by atoms with Gasteiger partial charge in [-0.25, -0.2) is 8.42 Å². The largest absolute Gasteiger partial charge is 0.390 e. The topological polar surface area (TPSA) is 63.2 Å². The Hall–Kier alpha value is -1.28. The summed E-state index contributed by atoms with van der Waals surface area (Å²) in [7, 11) is 1.24. The van der Waals surface area contributed by atoms with Crippen LogP contribution in [-0.4, -0.2) is 27.0 Å². The predicted molar refractivity (Wildman–Crippen MR) is 71.9 cm³/mol. The SMILES string of the molecule is CCc1ccc(C(=O)NCCC(F)(F)F)cc1S(=O)(=O)Cl. The summed E-state index contributed by atoms with van der Waals surface area (Å²) in [6.07, 6.45) is -5.15. The monoisotopic (exact) mass is 343 g/mol. The number of hydrogen-bond donors (Lipinski definition) is 1. The van der Waals surface area contributed by atoms with Crippen LogP contribution in [0, 0.1) is 0 Å². The van der Waals surface area contributed by atoms with E-state index in [0.29, 0.717) is 12.0 Å². The smallest absolute Gasteiger partial charge is 0.352 e. The molecule has 1 amide bonds. The lowest BCUT2D eigenvalue weighted by molar-refractivity contribution is -0.132. The number of hydrogen-bond acceptors (Lipinski definition) is 3. The van der Waals surface area contributed by atoms with Gasteiger partial charge in [-0.15, -0.1) is 0 Å². The van der Waals surface area contributed by atoms with Crippen molar-refractivity contribution in [3.05, 3.63) is 29.3 Å². The molecule has 0 saturated carbocycles. The van der Waals surface area contributed by atoms with Gasteiger partial charge in [-0.05, 0) is 24.1 Å². The van der Waals surface area contributed by atoms with Gasteiger partial charge < -0.3 is 5.32 Å². The lowest BCUT2D eigenvalue weighted by atomic mass is 10.1. The van der Waals surface area contributed by atoms with Gasteiger partial charge in [0.2, 0.25) is 0 Å². The van der Waals surface area contributed by atoms with Crippen LogP contribution in [0.1, 0.15) is 29.3 Å². The van der Waals surface area contributed by atoms with Gasteiger partial charge in [0.15, 0.2) is 0 Å². The number of carbonyl (C=O) groups is 1. The maximum Gasteiger partial charge on any atom is 0.390 e. The van der Waals surface area contributed by atoms with Crippen molar-refractivity contribution in [1.29, 1.82) is 0 Å². The summed E-state index contributed by atoms with van der Waals surface area (Å²) < 4.78 is 58.8. The van der Waals surface area contributed by atoms with Gasteiger partial charge in [0.05, 0.1) is 11.3 Å². The van der Waals surface area contributed by atoms with Crippen LogP contribution in [0.5, 0.6) is 0 Å². The number of alkyl halides is 3. The normalized spacial score (nSPS) is 12.2.